The normalized spacial score (nSPS) is 23.6. The number of aliphatic hydroxyl groups is 2. The molecule has 0 radical (unpaired) electrons. The average Bonchev–Trinajstić information content (AvgIpc) is 2.56. The molecule has 0 aromatic carbocycles. The van der Waals surface area contributed by atoms with Gasteiger partial charge in [0.1, 0.15) is 0 Å². The molecule has 0 aliphatic carbocycles. The number of imide groups is 1. The molecule has 110 valence electrons. The van der Waals surface area contributed by atoms with Gasteiger partial charge in [0.05, 0.1) is 18.8 Å². The monoisotopic (exact) mass is 273 g/mol. The molecular formula is C12H23N3O4. The summed E-state index contributed by atoms with van der Waals surface area (Å²) in [5.41, 5.74) is 0. The first-order chi connectivity index (χ1) is 8.88. The van der Waals surface area contributed by atoms with Gasteiger partial charge in [0.2, 0.25) is 5.91 Å². The Morgan fingerprint density at radius 3 is 2.37 bits per heavy atom. The number of carbonyl (C=O) groups excluding carboxylic acids is 2. The molecule has 3 amide bonds. The van der Waals surface area contributed by atoms with Crippen molar-refractivity contribution in [2.24, 2.45) is 5.92 Å². The molecule has 0 spiro atoms. The average molecular weight is 273 g/mol. The van der Waals surface area contributed by atoms with E-state index in [0.717, 1.165) is 6.42 Å². The Morgan fingerprint density at radius 1 is 1.26 bits per heavy atom. The highest BCUT2D eigenvalue weighted by Gasteiger charge is 2.30. The SMILES string of the molecule is CC(C)CCNC(=O)NC(=O)CN1C[C@@H](O)[C@@H](O)C1. The smallest absolute Gasteiger partial charge is 0.321 e. The zero-order chi connectivity index (χ0) is 14.4. The van der Waals surface area contributed by atoms with E-state index in [9.17, 15) is 19.8 Å². The summed E-state index contributed by atoms with van der Waals surface area (Å²) in [6.45, 7) is 5.10. The highest BCUT2D eigenvalue weighted by atomic mass is 16.3. The fraction of sp³-hybridized carbons (Fsp3) is 0.833. The molecule has 1 saturated heterocycles. The highest BCUT2D eigenvalue weighted by Crippen LogP contribution is 2.08. The lowest BCUT2D eigenvalue weighted by Crippen LogP contribution is -2.44. The highest BCUT2D eigenvalue weighted by molar-refractivity contribution is 5.95. The third-order valence-corrected chi connectivity index (χ3v) is 2.96. The fourth-order valence-corrected chi connectivity index (χ4v) is 1.86. The summed E-state index contributed by atoms with van der Waals surface area (Å²) in [6.07, 6.45) is -0.799. The Balaban J connectivity index is 2.18. The van der Waals surface area contributed by atoms with Crippen LogP contribution in [-0.2, 0) is 4.79 Å². The standard InChI is InChI=1S/C12H23N3O4/c1-8(2)3-4-13-12(19)14-11(18)7-15-5-9(16)10(17)6-15/h8-10,16-17H,3-7H2,1-2H3,(H2,13,14,18,19)/t9-,10+. The summed E-state index contributed by atoms with van der Waals surface area (Å²) >= 11 is 0. The van der Waals surface area contributed by atoms with Crippen LogP contribution in [0, 0.1) is 5.92 Å². The van der Waals surface area contributed by atoms with Gasteiger partial charge in [0.25, 0.3) is 0 Å². The summed E-state index contributed by atoms with van der Waals surface area (Å²) < 4.78 is 0. The molecule has 0 unspecified atom stereocenters. The maximum Gasteiger partial charge on any atom is 0.321 e. The van der Waals surface area contributed by atoms with Crippen molar-refractivity contribution in [3.8, 4) is 0 Å². The first-order valence-corrected chi connectivity index (χ1v) is 6.54. The van der Waals surface area contributed by atoms with Gasteiger partial charge in [-0.05, 0) is 12.3 Å². The number of amides is 3. The van der Waals surface area contributed by atoms with Crippen LogP contribution in [0.4, 0.5) is 4.79 Å². The second-order valence-corrected chi connectivity index (χ2v) is 5.32. The summed E-state index contributed by atoms with van der Waals surface area (Å²) in [5.74, 6) is 0.0481. The lowest BCUT2D eigenvalue weighted by atomic mass is 10.1. The minimum Gasteiger partial charge on any atom is -0.389 e. The number of hydrogen-bond donors (Lipinski definition) is 4. The van der Waals surface area contributed by atoms with E-state index in [-0.39, 0.29) is 19.6 Å². The van der Waals surface area contributed by atoms with Crippen LogP contribution in [0.3, 0.4) is 0 Å². The molecule has 1 heterocycles. The summed E-state index contributed by atoms with van der Waals surface area (Å²) in [7, 11) is 0. The zero-order valence-electron chi connectivity index (χ0n) is 11.4. The lowest BCUT2D eigenvalue weighted by Gasteiger charge is -2.14. The third-order valence-electron chi connectivity index (χ3n) is 2.96. The van der Waals surface area contributed by atoms with Crippen molar-refractivity contribution in [3.63, 3.8) is 0 Å². The van der Waals surface area contributed by atoms with E-state index in [1.165, 1.54) is 0 Å². The molecule has 0 aromatic rings. The van der Waals surface area contributed by atoms with E-state index in [0.29, 0.717) is 12.5 Å². The van der Waals surface area contributed by atoms with E-state index in [1.807, 2.05) is 0 Å². The Kier molecular flexibility index (Phi) is 6.20. The van der Waals surface area contributed by atoms with Crippen molar-refractivity contribution in [2.75, 3.05) is 26.2 Å². The number of urea groups is 1. The molecule has 0 bridgehead atoms. The Labute approximate surface area is 113 Å². The molecule has 4 N–H and O–H groups in total. The predicted octanol–water partition coefficient (Wildman–Crippen LogP) is -1.10. The van der Waals surface area contributed by atoms with Crippen molar-refractivity contribution in [1.29, 1.82) is 0 Å². The number of aliphatic hydroxyl groups excluding tert-OH is 2. The first kappa shape index (κ1) is 15.9. The van der Waals surface area contributed by atoms with Gasteiger partial charge in [-0.3, -0.25) is 15.0 Å². The third kappa shape index (κ3) is 6.00. The van der Waals surface area contributed by atoms with Crippen molar-refractivity contribution >= 4 is 11.9 Å². The van der Waals surface area contributed by atoms with Gasteiger partial charge in [0, 0.05) is 19.6 Å². The molecule has 7 heteroatoms. The van der Waals surface area contributed by atoms with Crippen LogP contribution in [0.1, 0.15) is 20.3 Å². The quantitative estimate of drug-likeness (QED) is 0.509. The van der Waals surface area contributed by atoms with Crippen molar-refractivity contribution in [2.45, 2.75) is 32.5 Å². The van der Waals surface area contributed by atoms with Gasteiger partial charge < -0.3 is 15.5 Å². The summed E-state index contributed by atoms with van der Waals surface area (Å²) in [4.78, 5) is 24.5. The summed E-state index contributed by atoms with van der Waals surface area (Å²) in [6, 6.07) is -0.508. The van der Waals surface area contributed by atoms with Gasteiger partial charge in [-0.15, -0.1) is 0 Å². The number of hydrogen-bond acceptors (Lipinski definition) is 5. The van der Waals surface area contributed by atoms with E-state index in [2.05, 4.69) is 24.5 Å². The Hall–Kier alpha value is -1.18. The molecule has 1 rings (SSSR count). The Morgan fingerprint density at radius 2 is 1.84 bits per heavy atom. The van der Waals surface area contributed by atoms with Crippen LogP contribution in [-0.4, -0.2) is 65.4 Å². The van der Waals surface area contributed by atoms with E-state index in [1.54, 1.807) is 4.90 Å². The molecule has 2 atom stereocenters. The van der Waals surface area contributed by atoms with Crippen LogP contribution in [0.2, 0.25) is 0 Å². The van der Waals surface area contributed by atoms with Crippen LogP contribution in [0.15, 0.2) is 0 Å². The number of β-amino-alcohol motifs (C(OH)–C–C–N with tert-alkyl or cyclic N) is 2. The van der Waals surface area contributed by atoms with Crippen LogP contribution < -0.4 is 10.6 Å². The number of carbonyl (C=O) groups is 2. The number of likely N-dealkylation sites (tertiary alicyclic amines) is 1. The number of nitrogens with zero attached hydrogens (tertiary/aromatic N) is 1. The van der Waals surface area contributed by atoms with Crippen molar-refractivity contribution in [1.82, 2.24) is 15.5 Å². The van der Waals surface area contributed by atoms with Crippen LogP contribution in [0.5, 0.6) is 0 Å². The van der Waals surface area contributed by atoms with Gasteiger partial charge in [0.15, 0.2) is 0 Å². The van der Waals surface area contributed by atoms with Crippen LogP contribution in [0.25, 0.3) is 0 Å². The van der Waals surface area contributed by atoms with Crippen molar-refractivity contribution in [3.05, 3.63) is 0 Å². The van der Waals surface area contributed by atoms with E-state index < -0.39 is 24.1 Å². The maximum absolute atomic E-state index is 11.5. The van der Waals surface area contributed by atoms with E-state index in [4.69, 9.17) is 0 Å². The largest absolute Gasteiger partial charge is 0.389 e. The second-order valence-electron chi connectivity index (χ2n) is 5.32. The minimum atomic E-state index is -0.826. The number of nitrogens with one attached hydrogen (secondary N) is 2. The second kappa shape index (κ2) is 7.42. The van der Waals surface area contributed by atoms with Gasteiger partial charge >= 0.3 is 6.03 Å². The maximum atomic E-state index is 11.5. The number of rotatable bonds is 5. The first-order valence-electron chi connectivity index (χ1n) is 6.54. The lowest BCUT2D eigenvalue weighted by molar-refractivity contribution is -0.121. The fourth-order valence-electron chi connectivity index (χ4n) is 1.86. The molecule has 1 aliphatic heterocycles. The zero-order valence-corrected chi connectivity index (χ0v) is 11.4. The molecular weight excluding hydrogens is 250 g/mol. The summed E-state index contributed by atoms with van der Waals surface area (Å²) in [5, 5.41) is 23.5. The van der Waals surface area contributed by atoms with Gasteiger partial charge in [-0.1, -0.05) is 13.8 Å². The van der Waals surface area contributed by atoms with E-state index >= 15 is 0 Å². The molecule has 1 aliphatic rings. The molecule has 0 aromatic heterocycles. The topological polar surface area (TPSA) is 102 Å². The molecule has 1 fully saturated rings. The minimum absolute atomic E-state index is 0.00821. The predicted molar refractivity (Wildman–Crippen MR) is 69.5 cm³/mol. The molecule has 0 saturated carbocycles. The van der Waals surface area contributed by atoms with Crippen molar-refractivity contribution < 1.29 is 19.8 Å². The van der Waals surface area contributed by atoms with Gasteiger partial charge in [-0.2, -0.15) is 0 Å². The molecule has 19 heavy (non-hydrogen) atoms. The van der Waals surface area contributed by atoms with Crippen LogP contribution >= 0.6 is 0 Å². The Bertz CT molecular complexity index is 312. The van der Waals surface area contributed by atoms with Gasteiger partial charge in [-0.25, -0.2) is 4.79 Å². The molecule has 7 nitrogen and oxygen atoms in total.